The Balaban J connectivity index is 1.49. The average molecular weight is 518 g/mol. The lowest BCUT2D eigenvalue weighted by atomic mass is 10.2. The van der Waals surface area contributed by atoms with Crippen LogP contribution >= 0.6 is 34.8 Å². The number of benzene rings is 2. The first-order valence-electron chi connectivity index (χ1n) is 9.17. The maximum Gasteiger partial charge on any atom is 0.387 e. The van der Waals surface area contributed by atoms with Crippen molar-refractivity contribution in [3.8, 4) is 40.4 Å². The molecule has 2 aromatic heterocycles. The maximum atomic E-state index is 12.5. The van der Waals surface area contributed by atoms with Gasteiger partial charge in [0.2, 0.25) is 5.89 Å². The molecule has 12 heteroatoms. The Morgan fingerprint density at radius 2 is 1.64 bits per heavy atom. The van der Waals surface area contributed by atoms with Gasteiger partial charge in [0.1, 0.15) is 12.4 Å². The summed E-state index contributed by atoms with van der Waals surface area (Å²) in [4.78, 5) is 0. The normalized spacial score (nSPS) is 11.1. The highest BCUT2D eigenvalue weighted by atomic mass is 35.5. The van der Waals surface area contributed by atoms with Crippen molar-refractivity contribution in [1.29, 1.82) is 0 Å². The Hall–Kier alpha value is -3.01. The molecule has 0 N–H and O–H groups in total. The second-order valence-electron chi connectivity index (χ2n) is 6.41. The van der Waals surface area contributed by atoms with Crippen LogP contribution in [-0.4, -0.2) is 23.9 Å². The van der Waals surface area contributed by atoms with Crippen LogP contribution in [0.25, 0.3) is 23.1 Å². The molecule has 2 heterocycles. The van der Waals surface area contributed by atoms with Gasteiger partial charge in [-0.05, 0) is 42.5 Å². The standard InChI is InChI=1S/C21H13Cl3F2N2O5/c1-29-17-6-10(2-4-15(17)32-21(25)26)19-27-28-20(33-19)16-5-3-12(31-16)9-30-18-13(23)7-11(22)8-14(18)24/h2-8,21H,9H2,1H3. The monoisotopic (exact) mass is 516 g/mol. The van der Waals surface area contributed by atoms with Crippen molar-refractivity contribution in [2.75, 3.05) is 7.11 Å². The summed E-state index contributed by atoms with van der Waals surface area (Å²) in [5.41, 5.74) is 0.439. The summed E-state index contributed by atoms with van der Waals surface area (Å²) >= 11 is 18.1. The molecular formula is C21H13Cl3F2N2O5. The number of aromatic nitrogens is 2. The van der Waals surface area contributed by atoms with Crippen LogP contribution < -0.4 is 14.2 Å². The zero-order valence-electron chi connectivity index (χ0n) is 16.7. The van der Waals surface area contributed by atoms with E-state index in [0.29, 0.717) is 22.1 Å². The van der Waals surface area contributed by atoms with Crippen molar-refractivity contribution < 1.29 is 31.8 Å². The first-order valence-corrected chi connectivity index (χ1v) is 10.3. The lowest BCUT2D eigenvalue weighted by molar-refractivity contribution is -0.0512. The molecule has 0 amide bonds. The van der Waals surface area contributed by atoms with Gasteiger partial charge < -0.3 is 23.0 Å². The Morgan fingerprint density at radius 3 is 2.33 bits per heavy atom. The molecule has 0 aliphatic rings. The average Bonchev–Trinajstić information content (AvgIpc) is 3.42. The van der Waals surface area contributed by atoms with Crippen LogP contribution in [0.3, 0.4) is 0 Å². The molecule has 172 valence electrons. The summed E-state index contributed by atoms with van der Waals surface area (Å²) in [6.07, 6.45) is 0. The van der Waals surface area contributed by atoms with Gasteiger partial charge in [-0.3, -0.25) is 0 Å². The smallest absolute Gasteiger partial charge is 0.387 e. The van der Waals surface area contributed by atoms with E-state index in [9.17, 15) is 8.78 Å². The van der Waals surface area contributed by atoms with Crippen LogP contribution in [0, 0.1) is 0 Å². The Labute approximate surface area is 200 Å². The minimum Gasteiger partial charge on any atom is -0.493 e. The van der Waals surface area contributed by atoms with Gasteiger partial charge in [-0.15, -0.1) is 10.2 Å². The van der Waals surface area contributed by atoms with Gasteiger partial charge in [0.05, 0.1) is 17.2 Å². The van der Waals surface area contributed by atoms with E-state index in [1.165, 1.54) is 37.4 Å². The molecule has 7 nitrogen and oxygen atoms in total. The number of alkyl halides is 2. The van der Waals surface area contributed by atoms with Crippen LogP contribution in [0.2, 0.25) is 15.1 Å². The molecule has 4 aromatic rings. The molecule has 4 rings (SSSR count). The van der Waals surface area contributed by atoms with E-state index < -0.39 is 6.61 Å². The van der Waals surface area contributed by atoms with Crippen LogP contribution in [0.15, 0.2) is 51.3 Å². The van der Waals surface area contributed by atoms with E-state index in [1.54, 1.807) is 12.1 Å². The predicted octanol–water partition coefficient (Wildman–Crippen LogP) is 7.15. The fourth-order valence-electron chi connectivity index (χ4n) is 2.81. The van der Waals surface area contributed by atoms with Gasteiger partial charge in [-0.25, -0.2) is 0 Å². The SMILES string of the molecule is COc1cc(-c2nnc(-c3ccc(COc4c(Cl)cc(Cl)cc4Cl)o3)o2)ccc1OC(F)F. The Bertz CT molecular complexity index is 1260. The highest BCUT2D eigenvalue weighted by Crippen LogP contribution is 2.37. The quantitative estimate of drug-likeness (QED) is 0.246. The molecule has 2 aromatic carbocycles. The lowest BCUT2D eigenvalue weighted by Gasteiger charge is -2.10. The summed E-state index contributed by atoms with van der Waals surface area (Å²) in [5.74, 6) is 1.21. The summed E-state index contributed by atoms with van der Waals surface area (Å²) < 4.78 is 51.5. The number of furan rings is 1. The first kappa shape index (κ1) is 23.2. The van der Waals surface area contributed by atoms with Crippen molar-refractivity contribution in [2.45, 2.75) is 13.2 Å². The zero-order chi connectivity index (χ0) is 23.5. The third-order valence-electron chi connectivity index (χ3n) is 4.25. The highest BCUT2D eigenvalue weighted by molar-refractivity contribution is 6.40. The molecule has 33 heavy (non-hydrogen) atoms. The largest absolute Gasteiger partial charge is 0.493 e. The summed E-state index contributed by atoms with van der Waals surface area (Å²) in [7, 11) is 1.33. The molecule has 0 radical (unpaired) electrons. The predicted molar refractivity (Wildman–Crippen MR) is 116 cm³/mol. The number of halogens is 5. The van der Waals surface area contributed by atoms with Crippen LogP contribution in [0.4, 0.5) is 8.78 Å². The molecule has 0 bridgehead atoms. The van der Waals surface area contributed by atoms with E-state index in [4.69, 9.17) is 53.1 Å². The topological polar surface area (TPSA) is 79.8 Å². The number of methoxy groups -OCH3 is 1. The molecule has 0 unspecified atom stereocenters. The van der Waals surface area contributed by atoms with E-state index in [0.717, 1.165) is 0 Å². The maximum absolute atomic E-state index is 12.5. The van der Waals surface area contributed by atoms with Gasteiger partial charge in [-0.1, -0.05) is 34.8 Å². The zero-order valence-corrected chi connectivity index (χ0v) is 18.9. The van der Waals surface area contributed by atoms with Gasteiger partial charge >= 0.3 is 6.61 Å². The minimum atomic E-state index is -2.98. The number of hydrogen-bond acceptors (Lipinski definition) is 7. The van der Waals surface area contributed by atoms with E-state index in [-0.39, 0.29) is 45.7 Å². The van der Waals surface area contributed by atoms with Crippen molar-refractivity contribution in [1.82, 2.24) is 10.2 Å². The molecule has 0 saturated carbocycles. The van der Waals surface area contributed by atoms with Crippen LogP contribution in [-0.2, 0) is 6.61 Å². The number of rotatable bonds is 8. The second kappa shape index (κ2) is 9.86. The van der Waals surface area contributed by atoms with Gasteiger partial charge in [0.15, 0.2) is 23.0 Å². The third-order valence-corrected chi connectivity index (χ3v) is 5.03. The molecule has 0 atom stereocenters. The molecule has 0 aliphatic carbocycles. The van der Waals surface area contributed by atoms with Gasteiger partial charge in [0, 0.05) is 10.6 Å². The van der Waals surface area contributed by atoms with Crippen molar-refractivity contribution >= 4 is 34.8 Å². The molecule has 0 aliphatic heterocycles. The summed E-state index contributed by atoms with van der Waals surface area (Å²) in [6, 6.07) is 10.6. The lowest BCUT2D eigenvalue weighted by Crippen LogP contribution is -2.03. The van der Waals surface area contributed by atoms with Crippen LogP contribution in [0.1, 0.15) is 5.76 Å². The van der Waals surface area contributed by atoms with Crippen molar-refractivity contribution in [3.63, 3.8) is 0 Å². The minimum absolute atomic E-state index is 0.0326. The fourth-order valence-corrected chi connectivity index (χ4v) is 3.74. The highest BCUT2D eigenvalue weighted by Gasteiger charge is 2.18. The van der Waals surface area contributed by atoms with Crippen LogP contribution in [0.5, 0.6) is 17.2 Å². The fraction of sp³-hybridized carbons (Fsp3) is 0.143. The van der Waals surface area contributed by atoms with E-state index in [2.05, 4.69) is 14.9 Å². The summed E-state index contributed by atoms with van der Waals surface area (Å²) in [6.45, 7) is -2.95. The number of ether oxygens (including phenoxy) is 3. The number of hydrogen-bond donors (Lipinski definition) is 0. The molecule has 0 saturated heterocycles. The Morgan fingerprint density at radius 1 is 0.909 bits per heavy atom. The Kier molecular flexibility index (Phi) is 6.92. The third kappa shape index (κ3) is 5.32. The van der Waals surface area contributed by atoms with Crippen molar-refractivity contribution in [3.05, 3.63) is 63.3 Å². The van der Waals surface area contributed by atoms with E-state index in [1.807, 2.05) is 0 Å². The van der Waals surface area contributed by atoms with Crippen molar-refractivity contribution in [2.24, 2.45) is 0 Å². The molecular weight excluding hydrogens is 505 g/mol. The van der Waals surface area contributed by atoms with E-state index >= 15 is 0 Å². The molecule has 0 spiro atoms. The van der Waals surface area contributed by atoms with Gasteiger partial charge in [-0.2, -0.15) is 8.78 Å². The van der Waals surface area contributed by atoms with Gasteiger partial charge in [0.25, 0.3) is 5.89 Å². The first-order chi connectivity index (χ1) is 15.8. The number of nitrogens with zero attached hydrogens (tertiary/aromatic N) is 2. The summed E-state index contributed by atoms with van der Waals surface area (Å²) in [5, 5.41) is 8.84. The second-order valence-corrected chi connectivity index (χ2v) is 7.66. The molecule has 0 fully saturated rings.